The maximum absolute atomic E-state index is 11.9. The van der Waals surface area contributed by atoms with Crippen LogP contribution < -0.4 is 5.32 Å². The van der Waals surface area contributed by atoms with Gasteiger partial charge in [0.1, 0.15) is 6.61 Å². The van der Waals surface area contributed by atoms with Crippen molar-refractivity contribution in [3.8, 4) is 0 Å². The Hall–Kier alpha value is -0.820. The number of fused-ring (bicyclic) bond motifs is 1. The Morgan fingerprint density at radius 2 is 2.22 bits per heavy atom. The molecule has 1 amide bonds. The summed E-state index contributed by atoms with van der Waals surface area (Å²) in [4.78, 5) is 13.5. The number of nitrogens with zero attached hydrogens (tertiary/aromatic N) is 1. The van der Waals surface area contributed by atoms with Crippen molar-refractivity contribution < 1.29 is 22.7 Å². The SMILES string of the molecule is O=C1C2CCCNC2CN1CCOCC(F)(F)F. The third kappa shape index (κ3) is 3.35. The highest BCUT2D eigenvalue weighted by Gasteiger charge is 2.41. The molecule has 7 heteroatoms. The zero-order chi connectivity index (χ0) is 13.2. The van der Waals surface area contributed by atoms with Gasteiger partial charge < -0.3 is 15.0 Å². The Bertz CT molecular complexity index is 309. The number of nitrogens with one attached hydrogen (secondary N) is 1. The molecule has 2 aliphatic heterocycles. The van der Waals surface area contributed by atoms with Gasteiger partial charge >= 0.3 is 6.18 Å². The number of ether oxygens (including phenoxy) is 1. The first-order valence-electron chi connectivity index (χ1n) is 6.14. The van der Waals surface area contributed by atoms with Gasteiger partial charge in [-0.1, -0.05) is 0 Å². The second-order valence-electron chi connectivity index (χ2n) is 4.76. The second kappa shape index (κ2) is 5.44. The lowest BCUT2D eigenvalue weighted by atomic mass is 9.94. The number of carbonyl (C=O) groups is 1. The fraction of sp³-hybridized carbons (Fsp3) is 0.909. The van der Waals surface area contributed by atoms with Crippen LogP contribution in [-0.2, 0) is 9.53 Å². The standard InChI is InChI=1S/C11H17F3N2O2/c12-11(13,14)7-18-5-4-16-6-9-8(10(16)17)2-1-3-15-9/h8-9,15H,1-7H2. The van der Waals surface area contributed by atoms with Crippen molar-refractivity contribution in [2.24, 2.45) is 5.92 Å². The molecule has 104 valence electrons. The van der Waals surface area contributed by atoms with E-state index in [1.54, 1.807) is 4.90 Å². The van der Waals surface area contributed by atoms with Crippen LogP contribution in [0.2, 0.25) is 0 Å². The molecule has 18 heavy (non-hydrogen) atoms. The minimum atomic E-state index is -4.30. The van der Waals surface area contributed by atoms with Crippen molar-refractivity contribution in [1.82, 2.24) is 10.2 Å². The van der Waals surface area contributed by atoms with E-state index < -0.39 is 12.8 Å². The number of likely N-dealkylation sites (tertiary alicyclic amines) is 1. The van der Waals surface area contributed by atoms with E-state index in [2.05, 4.69) is 10.1 Å². The number of halogens is 3. The van der Waals surface area contributed by atoms with Crippen LogP contribution in [-0.4, -0.2) is 55.9 Å². The predicted octanol–water partition coefficient (Wildman–Crippen LogP) is 0.776. The average molecular weight is 266 g/mol. The normalized spacial score (nSPS) is 28.6. The smallest absolute Gasteiger partial charge is 0.370 e. The molecular formula is C11H17F3N2O2. The number of amides is 1. The van der Waals surface area contributed by atoms with Crippen molar-refractivity contribution in [1.29, 1.82) is 0 Å². The molecule has 2 fully saturated rings. The van der Waals surface area contributed by atoms with Gasteiger partial charge in [0.15, 0.2) is 0 Å². The number of rotatable bonds is 4. The summed E-state index contributed by atoms with van der Waals surface area (Å²) in [5.41, 5.74) is 0. The highest BCUT2D eigenvalue weighted by atomic mass is 19.4. The van der Waals surface area contributed by atoms with Crippen LogP contribution in [0.4, 0.5) is 13.2 Å². The van der Waals surface area contributed by atoms with Crippen LogP contribution in [0.25, 0.3) is 0 Å². The second-order valence-corrected chi connectivity index (χ2v) is 4.76. The van der Waals surface area contributed by atoms with Crippen molar-refractivity contribution >= 4 is 5.91 Å². The minimum Gasteiger partial charge on any atom is -0.370 e. The highest BCUT2D eigenvalue weighted by Crippen LogP contribution is 2.26. The maximum Gasteiger partial charge on any atom is 0.411 e. The Labute approximate surface area is 103 Å². The molecule has 2 unspecified atom stereocenters. The Kier molecular flexibility index (Phi) is 4.11. The zero-order valence-electron chi connectivity index (χ0n) is 10.0. The third-order valence-electron chi connectivity index (χ3n) is 3.40. The first kappa shape index (κ1) is 13.6. The zero-order valence-corrected chi connectivity index (χ0v) is 10.0. The molecule has 0 aliphatic carbocycles. The Morgan fingerprint density at radius 3 is 2.89 bits per heavy atom. The van der Waals surface area contributed by atoms with Gasteiger partial charge in [-0.25, -0.2) is 0 Å². The quantitative estimate of drug-likeness (QED) is 0.764. The molecule has 2 rings (SSSR count). The molecule has 1 N–H and O–H groups in total. The van der Waals surface area contributed by atoms with Crippen molar-refractivity contribution in [3.63, 3.8) is 0 Å². The minimum absolute atomic E-state index is 0.00126. The summed E-state index contributed by atoms with van der Waals surface area (Å²) < 4.78 is 40.1. The summed E-state index contributed by atoms with van der Waals surface area (Å²) in [6, 6.07) is 0.161. The number of piperidine rings is 1. The summed E-state index contributed by atoms with van der Waals surface area (Å²) in [7, 11) is 0. The van der Waals surface area contributed by atoms with Gasteiger partial charge in [-0.3, -0.25) is 4.79 Å². The monoisotopic (exact) mass is 266 g/mol. The van der Waals surface area contributed by atoms with E-state index in [0.717, 1.165) is 19.4 Å². The third-order valence-corrected chi connectivity index (χ3v) is 3.40. The average Bonchev–Trinajstić information content (AvgIpc) is 2.62. The molecule has 2 atom stereocenters. The van der Waals surface area contributed by atoms with Crippen LogP contribution in [0.15, 0.2) is 0 Å². The van der Waals surface area contributed by atoms with Gasteiger partial charge in [0.25, 0.3) is 0 Å². The Balaban J connectivity index is 1.72. The fourth-order valence-corrected chi connectivity index (χ4v) is 2.57. The van der Waals surface area contributed by atoms with Crippen LogP contribution >= 0.6 is 0 Å². The molecule has 2 saturated heterocycles. The topological polar surface area (TPSA) is 41.6 Å². The van der Waals surface area contributed by atoms with Crippen LogP contribution in [0.5, 0.6) is 0 Å². The number of alkyl halides is 3. The molecule has 2 aliphatic rings. The van der Waals surface area contributed by atoms with Gasteiger partial charge in [-0.15, -0.1) is 0 Å². The Morgan fingerprint density at radius 1 is 1.44 bits per heavy atom. The fourth-order valence-electron chi connectivity index (χ4n) is 2.57. The van der Waals surface area contributed by atoms with E-state index in [9.17, 15) is 18.0 Å². The van der Waals surface area contributed by atoms with E-state index in [-0.39, 0.29) is 31.0 Å². The van der Waals surface area contributed by atoms with E-state index in [4.69, 9.17) is 0 Å². The molecular weight excluding hydrogens is 249 g/mol. The summed E-state index contributed by atoms with van der Waals surface area (Å²) in [6.07, 6.45) is -2.45. The molecule has 2 heterocycles. The molecule has 0 aromatic carbocycles. The molecule has 0 spiro atoms. The number of carbonyl (C=O) groups excluding carboxylic acids is 1. The molecule has 0 saturated carbocycles. The van der Waals surface area contributed by atoms with Crippen LogP contribution in [0.3, 0.4) is 0 Å². The molecule has 0 aromatic heterocycles. The van der Waals surface area contributed by atoms with Crippen molar-refractivity contribution in [2.45, 2.75) is 25.1 Å². The van der Waals surface area contributed by atoms with Crippen LogP contribution in [0, 0.1) is 5.92 Å². The van der Waals surface area contributed by atoms with Gasteiger partial charge in [0, 0.05) is 19.1 Å². The summed E-state index contributed by atoms with van der Waals surface area (Å²) in [5.74, 6) is 0.0455. The summed E-state index contributed by atoms with van der Waals surface area (Å²) in [5, 5.41) is 3.27. The number of hydrogen-bond acceptors (Lipinski definition) is 3. The van der Waals surface area contributed by atoms with Crippen LogP contribution in [0.1, 0.15) is 12.8 Å². The van der Waals surface area contributed by atoms with Gasteiger partial charge in [0.05, 0.1) is 12.5 Å². The predicted molar refractivity (Wildman–Crippen MR) is 58.0 cm³/mol. The molecule has 4 nitrogen and oxygen atoms in total. The first-order chi connectivity index (χ1) is 8.47. The number of hydrogen-bond donors (Lipinski definition) is 1. The van der Waals surface area contributed by atoms with E-state index in [1.807, 2.05) is 0 Å². The molecule has 0 aromatic rings. The largest absolute Gasteiger partial charge is 0.411 e. The summed E-state index contributed by atoms with van der Waals surface area (Å²) in [6.45, 7) is 0.417. The summed E-state index contributed by atoms with van der Waals surface area (Å²) >= 11 is 0. The maximum atomic E-state index is 11.9. The lowest BCUT2D eigenvalue weighted by molar-refractivity contribution is -0.174. The van der Waals surface area contributed by atoms with Gasteiger partial charge in [-0.05, 0) is 19.4 Å². The first-order valence-corrected chi connectivity index (χ1v) is 6.14. The lowest BCUT2D eigenvalue weighted by Crippen LogP contribution is -2.41. The van der Waals surface area contributed by atoms with E-state index >= 15 is 0 Å². The van der Waals surface area contributed by atoms with Crippen molar-refractivity contribution in [2.75, 3.05) is 32.8 Å². The molecule has 0 bridgehead atoms. The van der Waals surface area contributed by atoms with E-state index in [1.165, 1.54) is 0 Å². The lowest BCUT2D eigenvalue weighted by Gasteiger charge is -2.23. The van der Waals surface area contributed by atoms with Gasteiger partial charge in [0.2, 0.25) is 5.91 Å². The van der Waals surface area contributed by atoms with E-state index in [0.29, 0.717) is 6.54 Å². The van der Waals surface area contributed by atoms with Crippen molar-refractivity contribution in [3.05, 3.63) is 0 Å². The molecule has 0 radical (unpaired) electrons. The van der Waals surface area contributed by atoms with Gasteiger partial charge in [-0.2, -0.15) is 13.2 Å². The highest BCUT2D eigenvalue weighted by molar-refractivity contribution is 5.82.